The molecule has 118 valence electrons. The maximum absolute atomic E-state index is 10.5. The van der Waals surface area contributed by atoms with Crippen LogP contribution in [0.4, 0.5) is 11.4 Å². The predicted molar refractivity (Wildman–Crippen MR) is 85.9 cm³/mol. The van der Waals surface area contributed by atoms with Crippen molar-refractivity contribution in [3.05, 3.63) is 18.2 Å². The SMILES string of the molecule is CC(C)CN(CC(C)C)c1ccc(OCC(=O)O)cc1N. The zero-order chi connectivity index (χ0) is 16.0. The number of hydrogen-bond acceptors (Lipinski definition) is 4. The van der Waals surface area contributed by atoms with E-state index in [0.29, 0.717) is 23.3 Å². The molecule has 0 aliphatic heterocycles. The van der Waals surface area contributed by atoms with Gasteiger partial charge in [0.2, 0.25) is 0 Å². The van der Waals surface area contributed by atoms with Gasteiger partial charge in [0, 0.05) is 19.2 Å². The molecule has 0 saturated heterocycles. The highest BCUT2D eigenvalue weighted by Gasteiger charge is 2.14. The Morgan fingerprint density at radius 2 is 1.81 bits per heavy atom. The minimum absolute atomic E-state index is 0.361. The lowest BCUT2D eigenvalue weighted by molar-refractivity contribution is -0.139. The van der Waals surface area contributed by atoms with Crippen LogP contribution < -0.4 is 15.4 Å². The topological polar surface area (TPSA) is 75.8 Å². The second-order valence-corrected chi connectivity index (χ2v) is 6.10. The normalized spacial score (nSPS) is 11.0. The molecule has 5 heteroatoms. The molecule has 0 unspecified atom stereocenters. The summed E-state index contributed by atoms with van der Waals surface area (Å²) < 4.78 is 5.15. The molecule has 3 N–H and O–H groups in total. The van der Waals surface area contributed by atoms with Crippen LogP contribution in [0.25, 0.3) is 0 Å². The fourth-order valence-electron chi connectivity index (χ4n) is 2.21. The molecule has 0 atom stereocenters. The number of nitrogens with two attached hydrogens (primary N) is 1. The maximum atomic E-state index is 10.5. The molecular weight excluding hydrogens is 268 g/mol. The fraction of sp³-hybridized carbons (Fsp3) is 0.562. The minimum atomic E-state index is -1.00. The van der Waals surface area contributed by atoms with E-state index in [1.54, 1.807) is 12.1 Å². The molecule has 0 bridgehead atoms. The van der Waals surface area contributed by atoms with E-state index < -0.39 is 5.97 Å². The lowest BCUT2D eigenvalue weighted by Gasteiger charge is -2.29. The summed E-state index contributed by atoms with van der Waals surface area (Å²) in [6.45, 7) is 10.2. The summed E-state index contributed by atoms with van der Waals surface area (Å²) in [7, 11) is 0. The summed E-state index contributed by atoms with van der Waals surface area (Å²) in [5.74, 6) is 0.545. The Kier molecular flexibility index (Phi) is 6.34. The number of benzene rings is 1. The van der Waals surface area contributed by atoms with Crippen LogP contribution in [0.1, 0.15) is 27.7 Å². The fourth-order valence-corrected chi connectivity index (χ4v) is 2.21. The van der Waals surface area contributed by atoms with E-state index in [9.17, 15) is 4.79 Å². The van der Waals surface area contributed by atoms with Crippen molar-refractivity contribution in [2.24, 2.45) is 11.8 Å². The molecule has 1 rings (SSSR count). The van der Waals surface area contributed by atoms with Gasteiger partial charge in [-0.15, -0.1) is 0 Å². The molecule has 0 aliphatic rings. The van der Waals surface area contributed by atoms with Gasteiger partial charge in [0.05, 0.1) is 11.4 Å². The van der Waals surface area contributed by atoms with Crippen molar-refractivity contribution in [2.45, 2.75) is 27.7 Å². The average molecular weight is 294 g/mol. The van der Waals surface area contributed by atoms with Gasteiger partial charge >= 0.3 is 5.97 Å². The van der Waals surface area contributed by atoms with Crippen molar-refractivity contribution < 1.29 is 14.6 Å². The van der Waals surface area contributed by atoms with Crippen LogP contribution in [0.3, 0.4) is 0 Å². The molecule has 1 aromatic rings. The first-order valence-corrected chi connectivity index (χ1v) is 7.28. The van der Waals surface area contributed by atoms with Gasteiger partial charge in [-0.25, -0.2) is 4.79 Å². The highest BCUT2D eigenvalue weighted by Crippen LogP contribution is 2.29. The van der Waals surface area contributed by atoms with Crippen molar-refractivity contribution in [1.82, 2.24) is 0 Å². The van der Waals surface area contributed by atoms with E-state index >= 15 is 0 Å². The molecule has 1 aromatic carbocycles. The number of nitrogen functional groups attached to an aromatic ring is 1. The van der Waals surface area contributed by atoms with E-state index in [1.807, 2.05) is 6.07 Å². The van der Waals surface area contributed by atoms with E-state index in [-0.39, 0.29) is 6.61 Å². The number of carboxylic acids is 1. The third-order valence-corrected chi connectivity index (χ3v) is 2.87. The zero-order valence-corrected chi connectivity index (χ0v) is 13.3. The van der Waals surface area contributed by atoms with Gasteiger partial charge in [0.25, 0.3) is 0 Å². The Hall–Kier alpha value is -1.91. The molecule has 0 amide bonds. The van der Waals surface area contributed by atoms with Crippen molar-refractivity contribution >= 4 is 17.3 Å². The Morgan fingerprint density at radius 3 is 2.24 bits per heavy atom. The quantitative estimate of drug-likeness (QED) is 0.721. The second kappa shape index (κ2) is 7.76. The van der Waals surface area contributed by atoms with Gasteiger partial charge in [-0.3, -0.25) is 0 Å². The van der Waals surface area contributed by atoms with Crippen molar-refractivity contribution in [3.63, 3.8) is 0 Å². The summed E-state index contributed by atoms with van der Waals surface area (Å²) in [5.41, 5.74) is 7.69. The zero-order valence-electron chi connectivity index (χ0n) is 13.3. The molecule has 0 fully saturated rings. The molecule has 0 heterocycles. The molecular formula is C16H26N2O3. The van der Waals surface area contributed by atoms with Crippen molar-refractivity contribution in [3.8, 4) is 5.75 Å². The molecule has 0 saturated carbocycles. The summed E-state index contributed by atoms with van der Waals surface area (Å²) in [4.78, 5) is 12.8. The Balaban J connectivity index is 2.90. The number of anilines is 2. The van der Waals surface area contributed by atoms with Gasteiger partial charge in [-0.2, -0.15) is 0 Å². The summed E-state index contributed by atoms with van der Waals surface area (Å²) in [6, 6.07) is 5.35. The monoisotopic (exact) mass is 294 g/mol. The number of rotatable bonds is 8. The van der Waals surface area contributed by atoms with Gasteiger partial charge in [0.1, 0.15) is 5.75 Å². The number of nitrogens with zero attached hydrogens (tertiary/aromatic N) is 1. The molecule has 0 radical (unpaired) electrons. The van der Waals surface area contributed by atoms with E-state index in [4.69, 9.17) is 15.6 Å². The smallest absolute Gasteiger partial charge is 0.341 e. The second-order valence-electron chi connectivity index (χ2n) is 6.10. The van der Waals surface area contributed by atoms with E-state index in [2.05, 4.69) is 32.6 Å². The Bertz CT molecular complexity index is 463. The number of carboxylic acid groups (broad SMARTS) is 1. The summed E-state index contributed by atoms with van der Waals surface area (Å²) in [6.07, 6.45) is 0. The third-order valence-electron chi connectivity index (χ3n) is 2.87. The molecule has 5 nitrogen and oxygen atoms in total. The lowest BCUT2D eigenvalue weighted by Crippen LogP contribution is -2.31. The highest BCUT2D eigenvalue weighted by molar-refractivity contribution is 5.71. The molecule has 0 spiro atoms. The van der Waals surface area contributed by atoms with Gasteiger partial charge < -0.3 is 20.5 Å². The number of carbonyl (C=O) groups is 1. The first-order valence-electron chi connectivity index (χ1n) is 7.28. The summed E-state index contributed by atoms with van der Waals surface area (Å²) >= 11 is 0. The van der Waals surface area contributed by atoms with Gasteiger partial charge in [0.15, 0.2) is 6.61 Å². The maximum Gasteiger partial charge on any atom is 0.341 e. The van der Waals surface area contributed by atoms with Crippen molar-refractivity contribution in [2.75, 3.05) is 30.3 Å². The van der Waals surface area contributed by atoms with Crippen LogP contribution in [0.5, 0.6) is 5.75 Å². The number of ether oxygens (including phenoxy) is 1. The van der Waals surface area contributed by atoms with Crippen LogP contribution in [0, 0.1) is 11.8 Å². The molecule has 0 aromatic heterocycles. The average Bonchev–Trinajstić information content (AvgIpc) is 2.34. The van der Waals surface area contributed by atoms with Gasteiger partial charge in [-0.05, 0) is 24.0 Å². The van der Waals surface area contributed by atoms with E-state index in [0.717, 1.165) is 18.8 Å². The Labute approximate surface area is 126 Å². The standard InChI is InChI=1S/C16H26N2O3/c1-11(2)8-18(9-12(3)4)15-6-5-13(7-14(15)17)21-10-16(19)20/h5-7,11-12H,8-10,17H2,1-4H3,(H,19,20). The lowest BCUT2D eigenvalue weighted by atomic mass is 10.1. The molecule has 21 heavy (non-hydrogen) atoms. The first-order chi connectivity index (χ1) is 9.79. The minimum Gasteiger partial charge on any atom is -0.482 e. The van der Waals surface area contributed by atoms with Crippen LogP contribution in [-0.4, -0.2) is 30.8 Å². The first kappa shape index (κ1) is 17.1. The summed E-state index contributed by atoms with van der Waals surface area (Å²) in [5, 5.41) is 8.62. The van der Waals surface area contributed by atoms with Crippen molar-refractivity contribution in [1.29, 1.82) is 0 Å². The predicted octanol–water partition coefficient (Wildman–Crippen LogP) is 2.85. The Morgan fingerprint density at radius 1 is 1.24 bits per heavy atom. The number of hydrogen-bond donors (Lipinski definition) is 2. The molecule has 0 aliphatic carbocycles. The van der Waals surface area contributed by atoms with E-state index in [1.165, 1.54) is 0 Å². The highest BCUT2D eigenvalue weighted by atomic mass is 16.5. The van der Waals surface area contributed by atoms with Crippen LogP contribution in [0.2, 0.25) is 0 Å². The van der Waals surface area contributed by atoms with Crippen LogP contribution in [-0.2, 0) is 4.79 Å². The third kappa shape index (κ3) is 5.94. The van der Waals surface area contributed by atoms with Crippen LogP contribution in [0.15, 0.2) is 18.2 Å². The van der Waals surface area contributed by atoms with Gasteiger partial charge in [-0.1, -0.05) is 27.7 Å². The largest absolute Gasteiger partial charge is 0.482 e. The van der Waals surface area contributed by atoms with Crippen LogP contribution >= 0.6 is 0 Å². The number of aliphatic carboxylic acids is 1.